The minimum Gasteiger partial charge on any atom is -0.493 e. The van der Waals surface area contributed by atoms with Gasteiger partial charge in [-0.25, -0.2) is 0 Å². The topological polar surface area (TPSA) is 71.0 Å². The predicted octanol–water partition coefficient (Wildman–Crippen LogP) is 1.49. The molecule has 1 aromatic carbocycles. The Morgan fingerprint density at radius 3 is 2.40 bits per heavy atom. The molecular formula is C15H25NO4. The van der Waals surface area contributed by atoms with Gasteiger partial charge in [0.2, 0.25) is 0 Å². The van der Waals surface area contributed by atoms with Crippen LogP contribution in [0.1, 0.15) is 31.9 Å². The van der Waals surface area contributed by atoms with Gasteiger partial charge in [0.05, 0.1) is 26.4 Å². The molecule has 2 unspecified atom stereocenters. The first-order chi connectivity index (χ1) is 9.47. The maximum Gasteiger partial charge on any atom is 0.161 e. The summed E-state index contributed by atoms with van der Waals surface area (Å²) in [6.45, 7) is 3.70. The summed E-state index contributed by atoms with van der Waals surface area (Å²) in [5.41, 5.74) is -0.0665. The second kappa shape index (κ2) is 7.47. The van der Waals surface area contributed by atoms with Gasteiger partial charge in [-0.1, -0.05) is 13.0 Å². The van der Waals surface area contributed by atoms with Crippen molar-refractivity contribution in [3.05, 3.63) is 23.8 Å². The van der Waals surface area contributed by atoms with E-state index in [0.717, 1.165) is 12.0 Å². The van der Waals surface area contributed by atoms with E-state index in [4.69, 9.17) is 14.6 Å². The number of methoxy groups -OCH3 is 2. The van der Waals surface area contributed by atoms with Crippen LogP contribution in [-0.2, 0) is 0 Å². The summed E-state index contributed by atoms with van der Waals surface area (Å²) in [5.74, 6) is 1.37. The molecule has 5 heteroatoms. The molecule has 0 spiro atoms. The monoisotopic (exact) mass is 283 g/mol. The lowest BCUT2D eigenvalue weighted by molar-refractivity contribution is 0.000590. The van der Waals surface area contributed by atoms with Crippen LogP contribution in [0.3, 0.4) is 0 Å². The number of hydrogen-bond acceptors (Lipinski definition) is 5. The van der Waals surface area contributed by atoms with E-state index in [-0.39, 0.29) is 12.6 Å². The first kappa shape index (κ1) is 16.8. The average Bonchev–Trinajstić information content (AvgIpc) is 2.47. The van der Waals surface area contributed by atoms with E-state index in [2.05, 4.69) is 12.2 Å². The van der Waals surface area contributed by atoms with Crippen molar-refractivity contribution in [3.63, 3.8) is 0 Å². The normalized spacial score (nSPS) is 15.5. The summed E-state index contributed by atoms with van der Waals surface area (Å²) in [5, 5.41) is 22.2. The van der Waals surface area contributed by atoms with E-state index < -0.39 is 5.60 Å². The lowest BCUT2D eigenvalue weighted by atomic mass is 10.0. The van der Waals surface area contributed by atoms with Crippen molar-refractivity contribution < 1.29 is 19.7 Å². The molecule has 0 aromatic heterocycles. The number of ether oxygens (including phenoxy) is 2. The van der Waals surface area contributed by atoms with Gasteiger partial charge >= 0.3 is 0 Å². The van der Waals surface area contributed by atoms with E-state index in [1.165, 1.54) is 0 Å². The maximum atomic E-state index is 9.84. The van der Waals surface area contributed by atoms with Gasteiger partial charge < -0.3 is 25.0 Å². The Hall–Kier alpha value is -1.30. The highest BCUT2D eigenvalue weighted by molar-refractivity contribution is 5.43. The van der Waals surface area contributed by atoms with Gasteiger partial charge in [0.1, 0.15) is 0 Å². The largest absolute Gasteiger partial charge is 0.493 e. The molecular weight excluding hydrogens is 258 g/mol. The summed E-state index contributed by atoms with van der Waals surface area (Å²) < 4.78 is 10.5. The number of benzene rings is 1. The second-order valence-corrected chi connectivity index (χ2v) is 5.11. The van der Waals surface area contributed by atoms with E-state index in [9.17, 15) is 5.11 Å². The highest BCUT2D eigenvalue weighted by Gasteiger charge is 2.21. The minimum absolute atomic E-state index is 0.0767. The van der Waals surface area contributed by atoms with Crippen LogP contribution in [0.4, 0.5) is 0 Å². The Morgan fingerprint density at radius 1 is 1.25 bits per heavy atom. The number of hydrogen-bond donors (Lipinski definition) is 3. The predicted molar refractivity (Wildman–Crippen MR) is 78.3 cm³/mol. The summed E-state index contributed by atoms with van der Waals surface area (Å²) >= 11 is 0. The van der Waals surface area contributed by atoms with Crippen molar-refractivity contribution in [3.8, 4) is 11.5 Å². The van der Waals surface area contributed by atoms with Crippen LogP contribution in [-0.4, -0.2) is 43.2 Å². The number of nitrogens with one attached hydrogen (secondary N) is 1. The van der Waals surface area contributed by atoms with Gasteiger partial charge in [-0.15, -0.1) is 0 Å². The summed E-state index contributed by atoms with van der Waals surface area (Å²) in [4.78, 5) is 0. The zero-order valence-electron chi connectivity index (χ0n) is 12.6. The molecule has 0 aliphatic rings. The van der Waals surface area contributed by atoms with Crippen molar-refractivity contribution in [2.75, 3.05) is 27.4 Å². The molecule has 0 saturated heterocycles. The number of aliphatic hydroxyl groups is 2. The van der Waals surface area contributed by atoms with Gasteiger partial charge in [0.25, 0.3) is 0 Å². The lowest BCUT2D eigenvalue weighted by Gasteiger charge is -2.25. The molecule has 0 bridgehead atoms. The maximum absolute atomic E-state index is 9.84. The molecule has 0 heterocycles. The van der Waals surface area contributed by atoms with Gasteiger partial charge in [0, 0.05) is 12.6 Å². The van der Waals surface area contributed by atoms with Crippen molar-refractivity contribution >= 4 is 0 Å². The molecule has 0 aliphatic carbocycles. The lowest BCUT2D eigenvalue weighted by Crippen LogP contribution is -2.42. The Labute approximate surface area is 120 Å². The van der Waals surface area contributed by atoms with E-state index in [1.807, 2.05) is 18.2 Å². The molecule has 2 atom stereocenters. The molecule has 0 fully saturated rings. The average molecular weight is 283 g/mol. The first-order valence-electron chi connectivity index (χ1n) is 6.76. The highest BCUT2D eigenvalue weighted by Crippen LogP contribution is 2.30. The molecule has 0 saturated carbocycles. The Balaban J connectivity index is 2.84. The minimum atomic E-state index is -1.12. The molecule has 0 radical (unpaired) electrons. The molecule has 0 amide bonds. The number of aliphatic hydroxyl groups excluding tert-OH is 1. The van der Waals surface area contributed by atoms with Gasteiger partial charge in [-0.05, 0) is 31.0 Å². The number of rotatable bonds is 8. The van der Waals surface area contributed by atoms with Gasteiger partial charge in [0.15, 0.2) is 11.5 Å². The standard InChI is InChI=1S/C15H25NO4/c1-5-12(16-9-15(2,18)10-17)11-6-7-13(19-3)14(8-11)20-4/h6-8,12,16-18H,5,9-10H2,1-4H3. The van der Waals surface area contributed by atoms with Crippen molar-refractivity contribution in [2.45, 2.75) is 31.9 Å². The third-order valence-corrected chi connectivity index (χ3v) is 3.29. The first-order valence-corrected chi connectivity index (χ1v) is 6.76. The molecule has 1 rings (SSSR count). The zero-order chi connectivity index (χ0) is 15.2. The van der Waals surface area contributed by atoms with Gasteiger partial charge in [-0.3, -0.25) is 0 Å². The molecule has 114 valence electrons. The summed E-state index contributed by atoms with van der Waals surface area (Å²) in [7, 11) is 3.21. The SMILES string of the molecule is CCC(NCC(C)(O)CO)c1ccc(OC)c(OC)c1. The van der Waals surface area contributed by atoms with Crippen molar-refractivity contribution in [2.24, 2.45) is 0 Å². The van der Waals surface area contributed by atoms with E-state index in [1.54, 1.807) is 21.1 Å². The van der Waals surface area contributed by atoms with E-state index in [0.29, 0.717) is 18.0 Å². The molecule has 5 nitrogen and oxygen atoms in total. The van der Waals surface area contributed by atoms with Crippen LogP contribution < -0.4 is 14.8 Å². The third-order valence-electron chi connectivity index (χ3n) is 3.29. The smallest absolute Gasteiger partial charge is 0.161 e. The van der Waals surface area contributed by atoms with Crippen molar-refractivity contribution in [1.82, 2.24) is 5.32 Å². The molecule has 1 aromatic rings. The fourth-order valence-electron chi connectivity index (χ4n) is 1.97. The molecule has 20 heavy (non-hydrogen) atoms. The zero-order valence-corrected chi connectivity index (χ0v) is 12.6. The second-order valence-electron chi connectivity index (χ2n) is 5.11. The summed E-state index contributed by atoms with van der Waals surface area (Å²) in [6.07, 6.45) is 0.858. The Bertz CT molecular complexity index is 420. The highest BCUT2D eigenvalue weighted by atomic mass is 16.5. The van der Waals surface area contributed by atoms with Crippen LogP contribution in [0.2, 0.25) is 0 Å². The third kappa shape index (κ3) is 4.37. The summed E-state index contributed by atoms with van der Waals surface area (Å²) in [6, 6.07) is 5.83. The van der Waals surface area contributed by atoms with Crippen LogP contribution in [0.25, 0.3) is 0 Å². The van der Waals surface area contributed by atoms with Gasteiger partial charge in [-0.2, -0.15) is 0 Å². The quantitative estimate of drug-likeness (QED) is 0.674. The van der Waals surface area contributed by atoms with E-state index >= 15 is 0 Å². The Morgan fingerprint density at radius 2 is 1.90 bits per heavy atom. The molecule has 0 aliphatic heterocycles. The fourth-order valence-corrected chi connectivity index (χ4v) is 1.97. The molecule has 3 N–H and O–H groups in total. The van der Waals surface area contributed by atoms with Crippen LogP contribution in [0, 0.1) is 0 Å². The fraction of sp³-hybridized carbons (Fsp3) is 0.600. The van der Waals surface area contributed by atoms with Crippen LogP contribution in [0.15, 0.2) is 18.2 Å². The van der Waals surface area contributed by atoms with Crippen LogP contribution in [0.5, 0.6) is 11.5 Å². The Kier molecular flexibility index (Phi) is 6.26. The van der Waals surface area contributed by atoms with Crippen LogP contribution >= 0.6 is 0 Å². The van der Waals surface area contributed by atoms with Crippen molar-refractivity contribution in [1.29, 1.82) is 0 Å².